The van der Waals surface area contributed by atoms with Crippen LogP contribution in [-0.2, 0) is 5.54 Å². The summed E-state index contributed by atoms with van der Waals surface area (Å²) in [5.41, 5.74) is 0.213. The van der Waals surface area contributed by atoms with Gasteiger partial charge in [0.15, 0.2) is 0 Å². The molecule has 1 N–H and O–H groups in total. The van der Waals surface area contributed by atoms with Crippen molar-refractivity contribution >= 4 is 11.3 Å². The Balaban J connectivity index is 2.24. The lowest BCUT2D eigenvalue weighted by Crippen LogP contribution is -2.42. The average Bonchev–Trinajstić information content (AvgIpc) is 2.88. The van der Waals surface area contributed by atoms with Crippen molar-refractivity contribution in [2.24, 2.45) is 5.92 Å². The maximum absolute atomic E-state index is 3.53. The van der Waals surface area contributed by atoms with Crippen LogP contribution in [0.1, 0.15) is 37.5 Å². The van der Waals surface area contributed by atoms with Crippen molar-refractivity contribution in [3.05, 3.63) is 22.4 Å². The second kappa shape index (κ2) is 4.03. The van der Waals surface area contributed by atoms with Crippen molar-refractivity contribution in [3.8, 4) is 0 Å². The van der Waals surface area contributed by atoms with Gasteiger partial charge in [-0.3, -0.25) is 0 Å². The fourth-order valence-electron chi connectivity index (χ4n) is 2.61. The van der Waals surface area contributed by atoms with E-state index in [-0.39, 0.29) is 5.54 Å². The summed E-state index contributed by atoms with van der Waals surface area (Å²) in [5.74, 6) is 0.825. The Labute approximate surface area is 90.5 Å². The first-order valence-corrected chi connectivity index (χ1v) is 6.38. The molecule has 78 valence electrons. The Morgan fingerprint density at radius 3 is 2.64 bits per heavy atom. The molecule has 0 spiro atoms. The van der Waals surface area contributed by atoms with Gasteiger partial charge in [0.05, 0.1) is 5.54 Å². The molecule has 1 atom stereocenters. The number of thiophene rings is 1. The smallest absolute Gasteiger partial charge is 0.0526 e. The highest BCUT2D eigenvalue weighted by molar-refractivity contribution is 7.10. The Hall–Kier alpha value is -0.340. The van der Waals surface area contributed by atoms with Gasteiger partial charge in [0.1, 0.15) is 0 Å². The van der Waals surface area contributed by atoms with Crippen LogP contribution in [-0.4, -0.2) is 7.05 Å². The molecule has 1 aromatic rings. The van der Waals surface area contributed by atoms with Gasteiger partial charge in [-0.25, -0.2) is 0 Å². The van der Waals surface area contributed by atoms with Gasteiger partial charge in [0, 0.05) is 4.88 Å². The Kier molecular flexibility index (Phi) is 2.93. The lowest BCUT2D eigenvalue weighted by Gasteiger charge is -2.34. The molecule has 0 saturated heterocycles. The molecule has 1 aliphatic carbocycles. The van der Waals surface area contributed by atoms with Crippen LogP contribution in [0.25, 0.3) is 0 Å². The first-order chi connectivity index (χ1) is 6.77. The summed E-state index contributed by atoms with van der Waals surface area (Å²) in [4.78, 5) is 1.49. The molecule has 1 aliphatic rings. The van der Waals surface area contributed by atoms with Gasteiger partial charge in [-0.15, -0.1) is 11.3 Å². The van der Waals surface area contributed by atoms with Gasteiger partial charge in [-0.2, -0.15) is 0 Å². The highest BCUT2D eigenvalue weighted by Crippen LogP contribution is 2.41. The normalized spacial score (nSPS) is 22.4. The number of hydrogen-bond donors (Lipinski definition) is 1. The van der Waals surface area contributed by atoms with E-state index in [2.05, 4.69) is 36.8 Å². The lowest BCUT2D eigenvalue weighted by atomic mass is 9.83. The van der Waals surface area contributed by atoms with E-state index in [0.29, 0.717) is 0 Å². The van der Waals surface area contributed by atoms with E-state index in [1.54, 1.807) is 0 Å². The monoisotopic (exact) mass is 209 g/mol. The molecule has 14 heavy (non-hydrogen) atoms. The highest BCUT2D eigenvalue weighted by Gasteiger charge is 2.36. The quantitative estimate of drug-likeness (QED) is 0.805. The fourth-order valence-corrected chi connectivity index (χ4v) is 3.58. The summed E-state index contributed by atoms with van der Waals surface area (Å²) in [6.45, 7) is 2.36. The second-order valence-electron chi connectivity index (χ2n) is 4.41. The minimum absolute atomic E-state index is 0.213. The van der Waals surface area contributed by atoms with Gasteiger partial charge in [-0.1, -0.05) is 18.9 Å². The van der Waals surface area contributed by atoms with Crippen LogP contribution < -0.4 is 5.32 Å². The zero-order valence-corrected chi connectivity index (χ0v) is 9.86. The van der Waals surface area contributed by atoms with Gasteiger partial charge >= 0.3 is 0 Å². The van der Waals surface area contributed by atoms with E-state index in [4.69, 9.17) is 0 Å². The minimum atomic E-state index is 0.213. The van der Waals surface area contributed by atoms with Crippen LogP contribution in [0.2, 0.25) is 0 Å². The number of hydrogen-bond acceptors (Lipinski definition) is 2. The van der Waals surface area contributed by atoms with Crippen molar-refractivity contribution in [1.29, 1.82) is 0 Å². The standard InChI is InChI=1S/C12H19NS/c1-12(13-2,10-6-3-4-7-10)11-8-5-9-14-11/h5,8-10,13H,3-4,6-7H2,1-2H3. The molecule has 0 amide bonds. The van der Waals surface area contributed by atoms with Crippen molar-refractivity contribution in [2.45, 2.75) is 38.1 Å². The van der Waals surface area contributed by atoms with Crippen molar-refractivity contribution in [1.82, 2.24) is 5.32 Å². The van der Waals surface area contributed by atoms with Crippen molar-refractivity contribution in [2.75, 3.05) is 7.05 Å². The Bertz CT molecular complexity index is 275. The minimum Gasteiger partial charge on any atom is -0.310 e. The average molecular weight is 209 g/mol. The molecule has 1 fully saturated rings. The highest BCUT2D eigenvalue weighted by atomic mass is 32.1. The van der Waals surface area contributed by atoms with Crippen LogP contribution in [0.5, 0.6) is 0 Å². The molecule has 1 nitrogen and oxygen atoms in total. The molecule has 2 rings (SSSR count). The molecule has 1 unspecified atom stereocenters. The predicted molar refractivity (Wildman–Crippen MR) is 62.7 cm³/mol. The predicted octanol–water partition coefficient (Wildman–Crippen LogP) is 3.37. The zero-order chi connectivity index (χ0) is 10.0. The SMILES string of the molecule is CNC(C)(c1cccs1)C1CCCC1. The molecule has 2 heteroatoms. The zero-order valence-electron chi connectivity index (χ0n) is 9.05. The van der Waals surface area contributed by atoms with Crippen LogP contribution in [0.15, 0.2) is 17.5 Å². The van der Waals surface area contributed by atoms with E-state index >= 15 is 0 Å². The molecule has 0 aliphatic heterocycles. The van der Waals surface area contributed by atoms with Gasteiger partial charge in [-0.05, 0) is 44.2 Å². The summed E-state index contributed by atoms with van der Waals surface area (Å²) in [6, 6.07) is 4.42. The van der Waals surface area contributed by atoms with Gasteiger partial charge in [0.25, 0.3) is 0 Å². The third-order valence-electron chi connectivity index (χ3n) is 3.72. The van der Waals surface area contributed by atoms with Crippen LogP contribution in [0.4, 0.5) is 0 Å². The summed E-state index contributed by atoms with van der Waals surface area (Å²) < 4.78 is 0. The number of rotatable bonds is 3. The molecular weight excluding hydrogens is 190 g/mol. The van der Waals surface area contributed by atoms with Gasteiger partial charge in [0.2, 0.25) is 0 Å². The van der Waals surface area contributed by atoms with Gasteiger partial charge < -0.3 is 5.32 Å². The fraction of sp³-hybridized carbons (Fsp3) is 0.667. The third kappa shape index (κ3) is 1.61. The van der Waals surface area contributed by atoms with Crippen molar-refractivity contribution < 1.29 is 0 Å². The molecule has 1 saturated carbocycles. The van der Waals surface area contributed by atoms with E-state index < -0.39 is 0 Å². The first kappa shape index (κ1) is 10.2. The lowest BCUT2D eigenvalue weighted by molar-refractivity contribution is 0.257. The number of nitrogens with one attached hydrogen (secondary N) is 1. The Morgan fingerprint density at radius 2 is 2.14 bits per heavy atom. The summed E-state index contributed by atoms with van der Waals surface area (Å²) in [5, 5.41) is 5.71. The van der Waals surface area contributed by atoms with Crippen molar-refractivity contribution in [3.63, 3.8) is 0 Å². The summed E-state index contributed by atoms with van der Waals surface area (Å²) in [7, 11) is 2.10. The largest absolute Gasteiger partial charge is 0.310 e. The molecule has 0 aromatic carbocycles. The van der Waals surface area contributed by atoms with E-state index in [0.717, 1.165) is 5.92 Å². The summed E-state index contributed by atoms with van der Waals surface area (Å²) >= 11 is 1.88. The Morgan fingerprint density at radius 1 is 1.43 bits per heavy atom. The molecule has 1 aromatic heterocycles. The van der Waals surface area contributed by atoms with Crippen LogP contribution in [0, 0.1) is 5.92 Å². The first-order valence-electron chi connectivity index (χ1n) is 5.50. The second-order valence-corrected chi connectivity index (χ2v) is 5.36. The maximum atomic E-state index is 3.53. The van der Waals surface area contributed by atoms with E-state index in [1.165, 1.54) is 30.6 Å². The van der Waals surface area contributed by atoms with E-state index in [9.17, 15) is 0 Å². The van der Waals surface area contributed by atoms with Crippen LogP contribution >= 0.6 is 11.3 Å². The topological polar surface area (TPSA) is 12.0 Å². The summed E-state index contributed by atoms with van der Waals surface area (Å²) in [6.07, 6.45) is 5.59. The molecule has 1 heterocycles. The van der Waals surface area contributed by atoms with Crippen LogP contribution in [0.3, 0.4) is 0 Å². The van der Waals surface area contributed by atoms with E-state index in [1.807, 2.05) is 11.3 Å². The molecular formula is C12H19NS. The molecule has 0 radical (unpaired) electrons. The molecule has 0 bridgehead atoms. The maximum Gasteiger partial charge on any atom is 0.0526 e. The third-order valence-corrected chi connectivity index (χ3v) is 4.83.